The van der Waals surface area contributed by atoms with Crippen molar-refractivity contribution in [3.05, 3.63) is 52.6 Å². The maximum atomic E-state index is 14.4. The summed E-state index contributed by atoms with van der Waals surface area (Å²) in [6.45, 7) is 0.376. The van der Waals surface area contributed by atoms with Crippen LogP contribution in [0.25, 0.3) is 0 Å². The molecule has 1 aromatic heterocycles. The zero-order chi connectivity index (χ0) is 13.2. The first kappa shape index (κ1) is 11.9. The fourth-order valence-corrected chi connectivity index (χ4v) is 2.74. The second-order valence-corrected chi connectivity index (χ2v) is 4.88. The molecule has 0 unspecified atom stereocenters. The van der Waals surface area contributed by atoms with Crippen LogP contribution in [0.4, 0.5) is 4.39 Å². The monoisotopic (exact) mass is 255 g/mol. The van der Waals surface area contributed by atoms with Gasteiger partial charge in [-0.05, 0) is 42.9 Å². The van der Waals surface area contributed by atoms with Crippen LogP contribution in [-0.4, -0.2) is 9.78 Å². The summed E-state index contributed by atoms with van der Waals surface area (Å²) in [4.78, 5) is 0. The minimum absolute atomic E-state index is 0.236. The molecule has 0 amide bonds. The van der Waals surface area contributed by atoms with E-state index >= 15 is 0 Å². The van der Waals surface area contributed by atoms with Crippen LogP contribution >= 0.6 is 0 Å². The van der Waals surface area contributed by atoms with E-state index in [0.29, 0.717) is 12.1 Å². The molecular formula is C15H14FN3. The molecule has 0 bridgehead atoms. The molecule has 0 saturated heterocycles. The molecule has 96 valence electrons. The van der Waals surface area contributed by atoms with Crippen molar-refractivity contribution < 1.29 is 4.39 Å². The van der Waals surface area contributed by atoms with E-state index in [0.717, 1.165) is 36.8 Å². The van der Waals surface area contributed by atoms with E-state index in [1.54, 1.807) is 17.1 Å². The number of hydrogen-bond donors (Lipinski definition) is 0. The van der Waals surface area contributed by atoms with Gasteiger partial charge in [0.2, 0.25) is 0 Å². The highest BCUT2D eigenvalue weighted by Crippen LogP contribution is 2.28. The van der Waals surface area contributed by atoms with Crippen molar-refractivity contribution in [1.82, 2.24) is 9.78 Å². The molecule has 0 spiro atoms. The Bertz CT molecular complexity index is 638. The summed E-state index contributed by atoms with van der Waals surface area (Å²) in [5, 5.41) is 13.3. The third-order valence-corrected chi connectivity index (χ3v) is 3.67. The molecule has 1 aliphatic rings. The van der Waals surface area contributed by atoms with E-state index in [9.17, 15) is 9.65 Å². The summed E-state index contributed by atoms with van der Waals surface area (Å²) in [6.07, 6.45) is 7.38. The van der Waals surface area contributed by atoms with Gasteiger partial charge in [-0.15, -0.1) is 0 Å². The van der Waals surface area contributed by atoms with Crippen LogP contribution in [0.2, 0.25) is 0 Å². The van der Waals surface area contributed by atoms with Crippen LogP contribution in [0, 0.1) is 17.1 Å². The van der Waals surface area contributed by atoms with E-state index in [1.165, 1.54) is 0 Å². The third-order valence-electron chi connectivity index (χ3n) is 3.67. The topological polar surface area (TPSA) is 41.6 Å². The van der Waals surface area contributed by atoms with E-state index < -0.39 is 0 Å². The molecule has 3 nitrogen and oxygen atoms in total. The fourth-order valence-electron chi connectivity index (χ4n) is 2.74. The van der Waals surface area contributed by atoms with Crippen molar-refractivity contribution in [3.8, 4) is 6.07 Å². The molecule has 2 aromatic rings. The van der Waals surface area contributed by atoms with Gasteiger partial charge in [-0.2, -0.15) is 10.4 Å². The number of aromatic nitrogens is 2. The lowest BCUT2D eigenvalue weighted by Crippen LogP contribution is -2.11. The Hall–Kier alpha value is -2.15. The molecule has 0 N–H and O–H groups in total. The Balaban J connectivity index is 2.08. The lowest BCUT2D eigenvalue weighted by molar-refractivity contribution is 0.572. The Morgan fingerprint density at radius 3 is 2.95 bits per heavy atom. The summed E-state index contributed by atoms with van der Waals surface area (Å²) in [6, 6.07) is 5.75. The molecule has 0 radical (unpaired) electrons. The van der Waals surface area contributed by atoms with Crippen molar-refractivity contribution in [2.75, 3.05) is 0 Å². The smallest absolute Gasteiger partial charge is 0.146 e. The van der Waals surface area contributed by atoms with Crippen LogP contribution in [0.3, 0.4) is 0 Å². The minimum atomic E-state index is -0.376. The van der Waals surface area contributed by atoms with Gasteiger partial charge in [0.05, 0.1) is 12.1 Å². The number of nitrogens with zero attached hydrogens (tertiary/aromatic N) is 3. The number of benzene rings is 1. The van der Waals surface area contributed by atoms with Crippen molar-refractivity contribution in [1.29, 1.82) is 5.26 Å². The Labute approximate surface area is 111 Å². The maximum Gasteiger partial charge on any atom is 0.146 e. The number of rotatable bonds is 2. The van der Waals surface area contributed by atoms with Gasteiger partial charge in [0.1, 0.15) is 11.9 Å². The second kappa shape index (κ2) is 4.85. The molecule has 0 atom stereocenters. The first-order valence-corrected chi connectivity index (χ1v) is 6.50. The molecule has 3 rings (SSSR count). The average molecular weight is 255 g/mol. The lowest BCUT2D eigenvalue weighted by Gasteiger charge is -2.19. The van der Waals surface area contributed by atoms with Gasteiger partial charge in [-0.1, -0.05) is 6.07 Å². The largest absolute Gasteiger partial charge is 0.268 e. The van der Waals surface area contributed by atoms with E-state index in [1.807, 2.05) is 18.2 Å². The van der Waals surface area contributed by atoms with Gasteiger partial charge >= 0.3 is 0 Å². The van der Waals surface area contributed by atoms with E-state index in [4.69, 9.17) is 0 Å². The molecule has 0 saturated carbocycles. The highest BCUT2D eigenvalue weighted by atomic mass is 19.1. The van der Waals surface area contributed by atoms with Gasteiger partial charge in [0, 0.05) is 18.0 Å². The minimum Gasteiger partial charge on any atom is -0.268 e. The molecule has 1 aromatic carbocycles. The molecule has 4 heteroatoms. The Kier molecular flexibility index (Phi) is 3.04. The first-order chi connectivity index (χ1) is 9.29. The van der Waals surface area contributed by atoms with Crippen LogP contribution in [0.5, 0.6) is 0 Å². The van der Waals surface area contributed by atoms with E-state index in [-0.39, 0.29) is 11.4 Å². The molecule has 1 heterocycles. The predicted octanol–water partition coefficient (Wildman–Crippen LogP) is 2.82. The van der Waals surface area contributed by atoms with Crippen molar-refractivity contribution in [2.24, 2.45) is 0 Å². The third kappa shape index (κ3) is 2.12. The van der Waals surface area contributed by atoms with Gasteiger partial charge in [-0.25, -0.2) is 4.39 Å². The van der Waals surface area contributed by atoms with E-state index in [2.05, 4.69) is 5.10 Å². The van der Waals surface area contributed by atoms with Crippen molar-refractivity contribution in [3.63, 3.8) is 0 Å². The number of nitriles is 1. The van der Waals surface area contributed by atoms with Gasteiger partial charge in [0.25, 0.3) is 0 Å². The number of hydrogen-bond acceptors (Lipinski definition) is 2. The van der Waals surface area contributed by atoms with Crippen LogP contribution < -0.4 is 0 Å². The SMILES string of the molecule is N#Cc1c(F)c(Cn2cccn2)cc2c1CCCC2. The van der Waals surface area contributed by atoms with Crippen molar-refractivity contribution in [2.45, 2.75) is 32.2 Å². The summed E-state index contributed by atoms with van der Waals surface area (Å²) in [5.41, 5.74) is 2.84. The molecular weight excluding hydrogens is 241 g/mol. The summed E-state index contributed by atoms with van der Waals surface area (Å²) >= 11 is 0. The lowest BCUT2D eigenvalue weighted by atomic mass is 9.86. The van der Waals surface area contributed by atoms with Crippen LogP contribution in [0.15, 0.2) is 24.5 Å². The van der Waals surface area contributed by atoms with Gasteiger partial charge in [0.15, 0.2) is 0 Å². The van der Waals surface area contributed by atoms with Gasteiger partial charge in [-0.3, -0.25) is 4.68 Å². The second-order valence-electron chi connectivity index (χ2n) is 4.88. The van der Waals surface area contributed by atoms with Crippen LogP contribution in [0.1, 0.15) is 35.1 Å². The molecule has 0 fully saturated rings. The highest BCUT2D eigenvalue weighted by molar-refractivity contribution is 5.48. The average Bonchev–Trinajstić information content (AvgIpc) is 2.93. The fraction of sp³-hybridized carbons (Fsp3) is 0.333. The zero-order valence-corrected chi connectivity index (χ0v) is 10.6. The highest BCUT2D eigenvalue weighted by Gasteiger charge is 2.20. The number of halogens is 1. The predicted molar refractivity (Wildman–Crippen MR) is 69.1 cm³/mol. The Morgan fingerprint density at radius 2 is 2.21 bits per heavy atom. The molecule has 0 aliphatic heterocycles. The standard InChI is InChI=1S/C15H14FN3/c16-15-12(10-19-7-3-6-18-19)8-11-4-1-2-5-13(11)14(15)9-17/h3,6-8H,1-2,4-5,10H2. The zero-order valence-electron chi connectivity index (χ0n) is 10.6. The number of aryl methyl sites for hydroxylation is 1. The van der Waals surface area contributed by atoms with Crippen LogP contribution in [-0.2, 0) is 19.4 Å². The first-order valence-electron chi connectivity index (χ1n) is 6.50. The van der Waals surface area contributed by atoms with Crippen molar-refractivity contribution >= 4 is 0 Å². The quantitative estimate of drug-likeness (QED) is 0.828. The molecule has 1 aliphatic carbocycles. The maximum absolute atomic E-state index is 14.4. The summed E-state index contributed by atoms with van der Waals surface area (Å²) in [7, 11) is 0. The molecule has 19 heavy (non-hydrogen) atoms. The Morgan fingerprint density at radius 1 is 1.37 bits per heavy atom. The summed E-state index contributed by atoms with van der Waals surface area (Å²) < 4.78 is 16.1. The summed E-state index contributed by atoms with van der Waals surface area (Å²) in [5.74, 6) is -0.376. The number of fused-ring (bicyclic) bond motifs is 1. The van der Waals surface area contributed by atoms with Gasteiger partial charge < -0.3 is 0 Å². The normalized spacial score (nSPS) is 13.9.